The average molecular weight is 630 g/mol. The molecule has 9 heteroatoms. The average Bonchev–Trinajstić information content (AvgIpc) is 2.94. The molecule has 3 unspecified atom stereocenters. The number of likely N-dealkylation sites (N-methyl/N-ethyl adjacent to an activating group) is 1. The molecular formula is C34H66N2O6P+. The molecule has 3 atom stereocenters. The van der Waals surface area contributed by atoms with Crippen molar-refractivity contribution in [1.29, 1.82) is 0 Å². The highest BCUT2D eigenvalue weighted by molar-refractivity contribution is 7.47. The summed E-state index contributed by atoms with van der Waals surface area (Å²) in [5.41, 5.74) is 0. The fraction of sp³-hybridized carbons (Fsp3) is 0.794. The van der Waals surface area contributed by atoms with Gasteiger partial charge in [-0.05, 0) is 38.5 Å². The van der Waals surface area contributed by atoms with Gasteiger partial charge in [-0.15, -0.1) is 0 Å². The lowest BCUT2D eigenvalue weighted by atomic mass is 10.1. The minimum absolute atomic E-state index is 0.0506. The first-order valence-electron chi connectivity index (χ1n) is 16.9. The topological polar surface area (TPSA) is 105 Å². The van der Waals surface area contributed by atoms with Crippen LogP contribution >= 0.6 is 7.82 Å². The molecule has 0 bridgehead atoms. The molecule has 0 aromatic carbocycles. The van der Waals surface area contributed by atoms with Crippen LogP contribution < -0.4 is 5.32 Å². The fourth-order valence-electron chi connectivity index (χ4n) is 4.33. The molecule has 252 valence electrons. The monoisotopic (exact) mass is 629 g/mol. The van der Waals surface area contributed by atoms with Gasteiger partial charge in [0, 0.05) is 6.42 Å². The maximum atomic E-state index is 12.2. The molecule has 0 fully saturated rings. The van der Waals surface area contributed by atoms with Crippen molar-refractivity contribution in [1.82, 2.24) is 5.32 Å². The van der Waals surface area contributed by atoms with Gasteiger partial charge < -0.3 is 19.8 Å². The minimum atomic E-state index is -4.30. The molecule has 1 amide bonds. The van der Waals surface area contributed by atoms with Crippen LogP contribution in [0.5, 0.6) is 0 Å². The number of carbonyl (C=O) groups is 1. The van der Waals surface area contributed by atoms with E-state index in [4.69, 9.17) is 9.05 Å². The minimum Gasteiger partial charge on any atom is -0.387 e. The number of hydrogen-bond donors (Lipinski definition) is 3. The van der Waals surface area contributed by atoms with Gasteiger partial charge in [-0.3, -0.25) is 13.8 Å². The number of nitrogens with zero attached hydrogens (tertiary/aromatic N) is 1. The van der Waals surface area contributed by atoms with Gasteiger partial charge in [0.05, 0.1) is 39.9 Å². The van der Waals surface area contributed by atoms with Gasteiger partial charge in [0.25, 0.3) is 0 Å². The molecule has 0 rings (SSSR count). The lowest BCUT2D eigenvalue weighted by Crippen LogP contribution is -2.45. The Morgan fingerprint density at radius 3 is 1.77 bits per heavy atom. The Bertz CT molecular complexity index is 809. The summed E-state index contributed by atoms with van der Waals surface area (Å²) in [5.74, 6) is -0.282. The molecule has 0 spiro atoms. The Morgan fingerprint density at radius 2 is 1.26 bits per heavy atom. The van der Waals surface area contributed by atoms with Crippen molar-refractivity contribution in [2.24, 2.45) is 0 Å². The predicted octanol–water partition coefficient (Wildman–Crippen LogP) is 8.01. The van der Waals surface area contributed by atoms with E-state index in [0.29, 0.717) is 11.0 Å². The molecule has 0 aliphatic carbocycles. The summed E-state index contributed by atoms with van der Waals surface area (Å²) in [5, 5.41) is 13.2. The first-order valence-corrected chi connectivity index (χ1v) is 18.4. The summed E-state index contributed by atoms with van der Waals surface area (Å²) >= 11 is 0. The quantitative estimate of drug-likeness (QED) is 0.0335. The number of hydrogen-bond acceptors (Lipinski definition) is 5. The Labute approximate surface area is 264 Å². The van der Waals surface area contributed by atoms with Crippen LogP contribution in [-0.2, 0) is 18.4 Å². The summed E-state index contributed by atoms with van der Waals surface area (Å²) in [6.45, 7) is 4.20. The SMILES string of the molecule is CCCCCCCCCCCCC/C=C/CC/C=C/CC/C=C/C(O)C(COP(=O)(O)OCC[N+](C)(C)C)NC(=O)CC. The molecule has 0 radical (unpaired) electrons. The van der Waals surface area contributed by atoms with Crippen molar-refractivity contribution in [2.75, 3.05) is 40.9 Å². The van der Waals surface area contributed by atoms with Gasteiger partial charge in [-0.1, -0.05) is 115 Å². The number of phosphoric ester groups is 1. The number of quaternary nitrogens is 1. The van der Waals surface area contributed by atoms with E-state index >= 15 is 0 Å². The zero-order valence-electron chi connectivity index (χ0n) is 28.2. The third kappa shape index (κ3) is 29.2. The second-order valence-corrected chi connectivity index (χ2v) is 13.9. The highest BCUT2D eigenvalue weighted by Crippen LogP contribution is 2.43. The predicted molar refractivity (Wildman–Crippen MR) is 180 cm³/mol. The van der Waals surface area contributed by atoms with Gasteiger partial charge in [-0.25, -0.2) is 4.57 Å². The lowest BCUT2D eigenvalue weighted by molar-refractivity contribution is -0.870. The zero-order chi connectivity index (χ0) is 32.2. The van der Waals surface area contributed by atoms with Crippen LogP contribution in [0.1, 0.15) is 123 Å². The molecular weight excluding hydrogens is 563 g/mol. The van der Waals surface area contributed by atoms with E-state index in [1.54, 1.807) is 13.0 Å². The van der Waals surface area contributed by atoms with Crippen LogP contribution in [-0.4, -0.2) is 73.4 Å². The Morgan fingerprint density at radius 1 is 0.767 bits per heavy atom. The number of unbranched alkanes of at least 4 members (excludes halogenated alkanes) is 13. The third-order valence-corrected chi connectivity index (χ3v) is 8.14. The number of aliphatic hydroxyl groups excluding tert-OH is 1. The second-order valence-electron chi connectivity index (χ2n) is 12.5. The molecule has 0 aromatic heterocycles. The summed E-state index contributed by atoms with van der Waals surface area (Å²) in [7, 11) is 1.53. The van der Waals surface area contributed by atoms with E-state index in [0.717, 1.165) is 25.7 Å². The van der Waals surface area contributed by atoms with Crippen molar-refractivity contribution in [2.45, 2.75) is 135 Å². The zero-order valence-corrected chi connectivity index (χ0v) is 29.1. The van der Waals surface area contributed by atoms with Gasteiger partial charge in [-0.2, -0.15) is 0 Å². The van der Waals surface area contributed by atoms with Crippen LogP contribution in [0.3, 0.4) is 0 Å². The van der Waals surface area contributed by atoms with Gasteiger partial charge in [0.1, 0.15) is 13.2 Å². The van der Waals surface area contributed by atoms with Crippen molar-refractivity contribution in [3.8, 4) is 0 Å². The maximum absolute atomic E-state index is 12.2. The first-order chi connectivity index (χ1) is 20.5. The number of rotatable bonds is 29. The van der Waals surface area contributed by atoms with E-state index in [1.165, 1.54) is 77.0 Å². The van der Waals surface area contributed by atoms with Crippen molar-refractivity contribution >= 4 is 13.7 Å². The molecule has 0 heterocycles. The van der Waals surface area contributed by atoms with E-state index < -0.39 is 20.0 Å². The lowest BCUT2D eigenvalue weighted by Gasteiger charge is -2.25. The Kier molecular flexibility index (Phi) is 26.3. The van der Waals surface area contributed by atoms with Crippen LogP contribution in [0.15, 0.2) is 36.5 Å². The van der Waals surface area contributed by atoms with Gasteiger partial charge >= 0.3 is 7.82 Å². The van der Waals surface area contributed by atoms with E-state index in [2.05, 4.69) is 36.5 Å². The number of phosphoric acid groups is 1. The van der Waals surface area contributed by atoms with Crippen molar-refractivity contribution < 1.29 is 32.9 Å². The van der Waals surface area contributed by atoms with Crippen LogP contribution in [0, 0.1) is 0 Å². The molecule has 0 aromatic rings. The molecule has 0 aliphatic rings. The van der Waals surface area contributed by atoms with Crippen LogP contribution in [0.25, 0.3) is 0 Å². The standard InChI is InChI=1S/C34H65N2O6P/c1-6-8-9-10-11-12-13-14-15-16-17-18-19-20-21-22-23-24-25-26-27-28-33(37)32(35-34(38)7-2)31-42-43(39,40)41-30-29-36(3,4)5/h19-20,23-24,27-28,32-33,37H,6-18,21-22,25-26,29-31H2,1-5H3,(H-,35,38,39,40)/p+1/b20-19+,24-23+,28-27+. The smallest absolute Gasteiger partial charge is 0.387 e. The third-order valence-electron chi connectivity index (χ3n) is 7.15. The molecule has 3 N–H and O–H groups in total. The van der Waals surface area contributed by atoms with Crippen LogP contribution in [0.2, 0.25) is 0 Å². The maximum Gasteiger partial charge on any atom is 0.472 e. The summed E-state index contributed by atoms with van der Waals surface area (Å²) < 4.78 is 22.9. The largest absolute Gasteiger partial charge is 0.472 e. The molecule has 0 aliphatic heterocycles. The Hall–Kier alpha value is -1.28. The van der Waals surface area contributed by atoms with E-state index in [9.17, 15) is 19.4 Å². The number of nitrogens with one attached hydrogen (secondary N) is 1. The Balaban J connectivity index is 4.09. The summed E-state index contributed by atoms with van der Waals surface area (Å²) in [6, 6.07) is -0.862. The number of carbonyl (C=O) groups excluding carboxylic acids is 1. The van der Waals surface area contributed by atoms with Gasteiger partial charge in [0.15, 0.2) is 0 Å². The van der Waals surface area contributed by atoms with Crippen LogP contribution in [0.4, 0.5) is 0 Å². The first kappa shape index (κ1) is 41.7. The molecule has 0 saturated heterocycles. The molecule has 8 nitrogen and oxygen atoms in total. The highest BCUT2D eigenvalue weighted by Gasteiger charge is 2.27. The van der Waals surface area contributed by atoms with Crippen molar-refractivity contribution in [3.05, 3.63) is 36.5 Å². The normalized spacial score (nSPS) is 15.4. The fourth-order valence-corrected chi connectivity index (χ4v) is 5.06. The number of amides is 1. The van der Waals surface area contributed by atoms with E-state index in [1.807, 2.05) is 27.2 Å². The summed E-state index contributed by atoms with van der Waals surface area (Å²) in [6.07, 6.45) is 31.5. The number of aliphatic hydroxyl groups is 1. The van der Waals surface area contributed by atoms with Gasteiger partial charge in [0.2, 0.25) is 5.91 Å². The highest BCUT2D eigenvalue weighted by atomic mass is 31.2. The van der Waals surface area contributed by atoms with E-state index in [-0.39, 0.29) is 25.5 Å². The second kappa shape index (κ2) is 27.1. The summed E-state index contributed by atoms with van der Waals surface area (Å²) in [4.78, 5) is 21.9. The number of allylic oxidation sites excluding steroid dienone is 5. The van der Waals surface area contributed by atoms with Crippen molar-refractivity contribution in [3.63, 3.8) is 0 Å². The molecule has 0 saturated carbocycles. The molecule has 43 heavy (non-hydrogen) atoms.